The summed E-state index contributed by atoms with van der Waals surface area (Å²) < 4.78 is 0. The van der Waals surface area contributed by atoms with E-state index in [4.69, 9.17) is 5.11 Å². The van der Waals surface area contributed by atoms with Crippen molar-refractivity contribution in [2.45, 2.75) is 57.6 Å². The minimum atomic E-state index is -0.0710. The Balaban J connectivity index is 2.07. The minimum Gasteiger partial charge on any atom is -0.396 e. The van der Waals surface area contributed by atoms with E-state index in [9.17, 15) is 5.11 Å². The van der Waals surface area contributed by atoms with Crippen LogP contribution >= 0.6 is 0 Å². The molecule has 1 aliphatic carbocycles. The molecular formula is C12H25NO2. The molecule has 0 bridgehead atoms. The van der Waals surface area contributed by atoms with Crippen LogP contribution in [0.4, 0.5) is 0 Å². The monoisotopic (exact) mass is 215 g/mol. The molecule has 3 heteroatoms. The van der Waals surface area contributed by atoms with Crippen molar-refractivity contribution in [3.8, 4) is 0 Å². The largest absolute Gasteiger partial charge is 0.396 e. The zero-order valence-electron chi connectivity index (χ0n) is 9.78. The molecule has 3 nitrogen and oxygen atoms in total. The van der Waals surface area contributed by atoms with Gasteiger partial charge in [0.2, 0.25) is 0 Å². The number of aliphatic hydroxyl groups is 2. The van der Waals surface area contributed by atoms with Crippen LogP contribution < -0.4 is 5.32 Å². The van der Waals surface area contributed by atoms with E-state index in [1.807, 2.05) is 0 Å². The van der Waals surface area contributed by atoms with Crippen molar-refractivity contribution in [1.29, 1.82) is 0 Å². The number of hydrogen-bond donors (Lipinski definition) is 3. The fraction of sp³-hybridized carbons (Fsp3) is 1.00. The molecule has 3 unspecified atom stereocenters. The molecule has 1 aliphatic rings. The third kappa shape index (κ3) is 5.50. The summed E-state index contributed by atoms with van der Waals surface area (Å²) in [6.45, 7) is 3.47. The van der Waals surface area contributed by atoms with E-state index in [1.54, 1.807) is 0 Å². The smallest absolute Gasteiger partial charge is 0.0543 e. The number of hydrogen-bond acceptors (Lipinski definition) is 3. The third-order valence-corrected chi connectivity index (χ3v) is 3.31. The van der Waals surface area contributed by atoms with E-state index >= 15 is 0 Å². The Morgan fingerprint density at radius 1 is 1.40 bits per heavy atom. The van der Waals surface area contributed by atoms with E-state index in [0.29, 0.717) is 12.0 Å². The van der Waals surface area contributed by atoms with Crippen LogP contribution in [0.3, 0.4) is 0 Å². The maximum Gasteiger partial charge on any atom is 0.0543 e. The number of rotatable bonds is 6. The molecule has 0 amide bonds. The van der Waals surface area contributed by atoms with Crippen molar-refractivity contribution in [2.75, 3.05) is 13.2 Å². The lowest BCUT2D eigenvalue weighted by atomic mass is 9.87. The molecule has 0 spiro atoms. The van der Waals surface area contributed by atoms with Gasteiger partial charge in [0.25, 0.3) is 0 Å². The summed E-state index contributed by atoms with van der Waals surface area (Å²) in [6, 6.07) is 0.483. The van der Waals surface area contributed by atoms with Crippen LogP contribution in [0, 0.1) is 5.92 Å². The second-order valence-corrected chi connectivity index (χ2v) is 4.86. The molecule has 1 fully saturated rings. The lowest BCUT2D eigenvalue weighted by Gasteiger charge is -2.27. The van der Waals surface area contributed by atoms with Gasteiger partial charge in [0.15, 0.2) is 0 Å². The van der Waals surface area contributed by atoms with Gasteiger partial charge in [-0.15, -0.1) is 0 Å². The van der Waals surface area contributed by atoms with E-state index in [1.165, 1.54) is 12.8 Å². The first-order valence-corrected chi connectivity index (χ1v) is 6.24. The zero-order chi connectivity index (χ0) is 11.1. The zero-order valence-corrected chi connectivity index (χ0v) is 9.78. The Hall–Kier alpha value is -0.120. The van der Waals surface area contributed by atoms with Crippen LogP contribution in [0.2, 0.25) is 0 Å². The van der Waals surface area contributed by atoms with E-state index in [-0.39, 0.29) is 12.7 Å². The standard InChI is InChI=1S/C12H25NO2/c1-10(4-3-7-14)13-9-11-5-2-6-12(15)8-11/h10-15H,2-9H2,1H3. The van der Waals surface area contributed by atoms with Crippen molar-refractivity contribution in [3.05, 3.63) is 0 Å². The quantitative estimate of drug-likeness (QED) is 0.626. The molecule has 0 heterocycles. The summed E-state index contributed by atoms with van der Waals surface area (Å²) in [5, 5.41) is 21.7. The number of nitrogens with one attached hydrogen (secondary N) is 1. The summed E-state index contributed by atoms with van der Waals surface area (Å²) in [7, 11) is 0. The summed E-state index contributed by atoms with van der Waals surface area (Å²) in [4.78, 5) is 0. The molecule has 0 aromatic rings. The normalized spacial score (nSPS) is 29.0. The Labute approximate surface area is 92.9 Å². The van der Waals surface area contributed by atoms with Crippen molar-refractivity contribution in [2.24, 2.45) is 5.92 Å². The van der Waals surface area contributed by atoms with Gasteiger partial charge >= 0.3 is 0 Å². The van der Waals surface area contributed by atoms with Crippen molar-refractivity contribution in [1.82, 2.24) is 5.32 Å². The molecule has 1 rings (SSSR count). The van der Waals surface area contributed by atoms with Crippen LogP contribution in [0.25, 0.3) is 0 Å². The first kappa shape index (κ1) is 12.9. The average molecular weight is 215 g/mol. The SMILES string of the molecule is CC(CCCO)NCC1CCCC(O)C1. The molecule has 3 atom stereocenters. The fourth-order valence-electron chi connectivity index (χ4n) is 2.32. The van der Waals surface area contributed by atoms with Gasteiger partial charge in [-0.25, -0.2) is 0 Å². The van der Waals surface area contributed by atoms with Crippen LogP contribution in [0.15, 0.2) is 0 Å². The topological polar surface area (TPSA) is 52.5 Å². The second kappa shape index (κ2) is 7.20. The van der Waals surface area contributed by atoms with Gasteiger partial charge in [0, 0.05) is 12.6 Å². The Bertz CT molecular complexity index is 164. The Morgan fingerprint density at radius 3 is 2.87 bits per heavy atom. The van der Waals surface area contributed by atoms with Gasteiger partial charge in [-0.3, -0.25) is 0 Å². The van der Waals surface area contributed by atoms with Crippen molar-refractivity contribution < 1.29 is 10.2 Å². The van der Waals surface area contributed by atoms with E-state index < -0.39 is 0 Å². The minimum absolute atomic E-state index is 0.0710. The lowest BCUT2D eigenvalue weighted by Crippen LogP contribution is -2.34. The molecule has 0 aromatic carbocycles. The fourth-order valence-corrected chi connectivity index (χ4v) is 2.32. The third-order valence-electron chi connectivity index (χ3n) is 3.31. The van der Waals surface area contributed by atoms with Gasteiger partial charge in [-0.2, -0.15) is 0 Å². The molecule has 0 aliphatic heterocycles. The van der Waals surface area contributed by atoms with Crippen LogP contribution in [0.5, 0.6) is 0 Å². The molecule has 0 radical (unpaired) electrons. The summed E-state index contributed by atoms with van der Waals surface area (Å²) in [5.74, 6) is 0.644. The predicted molar refractivity (Wildman–Crippen MR) is 61.7 cm³/mol. The summed E-state index contributed by atoms with van der Waals surface area (Å²) in [5.41, 5.74) is 0. The molecular weight excluding hydrogens is 190 g/mol. The maximum absolute atomic E-state index is 9.53. The molecule has 15 heavy (non-hydrogen) atoms. The highest BCUT2D eigenvalue weighted by molar-refractivity contribution is 4.75. The van der Waals surface area contributed by atoms with Gasteiger partial charge < -0.3 is 15.5 Å². The highest BCUT2D eigenvalue weighted by atomic mass is 16.3. The van der Waals surface area contributed by atoms with Crippen LogP contribution in [0.1, 0.15) is 45.4 Å². The number of aliphatic hydroxyl groups excluding tert-OH is 2. The van der Waals surface area contributed by atoms with Gasteiger partial charge in [0.05, 0.1) is 6.10 Å². The van der Waals surface area contributed by atoms with E-state index in [2.05, 4.69) is 12.2 Å². The molecule has 3 N–H and O–H groups in total. The highest BCUT2D eigenvalue weighted by Crippen LogP contribution is 2.23. The Morgan fingerprint density at radius 2 is 2.20 bits per heavy atom. The van der Waals surface area contributed by atoms with Gasteiger partial charge in [-0.05, 0) is 51.5 Å². The molecule has 0 aromatic heterocycles. The molecule has 0 saturated heterocycles. The van der Waals surface area contributed by atoms with E-state index in [0.717, 1.165) is 32.2 Å². The van der Waals surface area contributed by atoms with Crippen molar-refractivity contribution >= 4 is 0 Å². The van der Waals surface area contributed by atoms with Crippen LogP contribution in [-0.4, -0.2) is 35.5 Å². The summed E-state index contributed by atoms with van der Waals surface area (Å²) >= 11 is 0. The van der Waals surface area contributed by atoms with Gasteiger partial charge in [0.1, 0.15) is 0 Å². The van der Waals surface area contributed by atoms with Crippen molar-refractivity contribution in [3.63, 3.8) is 0 Å². The molecule has 1 saturated carbocycles. The highest BCUT2D eigenvalue weighted by Gasteiger charge is 2.20. The first-order chi connectivity index (χ1) is 7.22. The second-order valence-electron chi connectivity index (χ2n) is 4.86. The average Bonchev–Trinajstić information content (AvgIpc) is 2.23. The Kier molecular flexibility index (Phi) is 6.22. The molecule has 90 valence electrons. The summed E-state index contributed by atoms with van der Waals surface area (Å²) in [6.07, 6.45) is 6.19. The first-order valence-electron chi connectivity index (χ1n) is 6.24. The lowest BCUT2D eigenvalue weighted by molar-refractivity contribution is 0.0996. The van der Waals surface area contributed by atoms with Crippen LogP contribution in [-0.2, 0) is 0 Å². The van der Waals surface area contributed by atoms with Gasteiger partial charge in [-0.1, -0.05) is 6.42 Å². The maximum atomic E-state index is 9.53. The predicted octanol–water partition coefficient (Wildman–Crippen LogP) is 1.29.